The van der Waals surface area contributed by atoms with E-state index < -0.39 is 0 Å². The van der Waals surface area contributed by atoms with E-state index in [1.54, 1.807) is 14.2 Å². The predicted molar refractivity (Wildman–Crippen MR) is 99.7 cm³/mol. The van der Waals surface area contributed by atoms with Gasteiger partial charge in [0, 0.05) is 25.2 Å². The number of hydrogen-bond donors (Lipinski definition) is 2. The van der Waals surface area contributed by atoms with Crippen molar-refractivity contribution in [3.05, 3.63) is 23.8 Å². The van der Waals surface area contributed by atoms with Gasteiger partial charge in [0.2, 0.25) is 5.91 Å². The molecule has 1 fully saturated rings. The molecule has 1 heterocycles. The lowest BCUT2D eigenvalue weighted by Gasteiger charge is -2.36. The van der Waals surface area contributed by atoms with E-state index >= 15 is 0 Å². The number of methoxy groups -OCH3 is 2. The number of aliphatic hydroxyl groups excluding tert-OH is 1. The van der Waals surface area contributed by atoms with Crippen molar-refractivity contribution in [3.63, 3.8) is 0 Å². The topological polar surface area (TPSA) is 77.0 Å². The van der Waals surface area contributed by atoms with Crippen LogP contribution in [-0.4, -0.2) is 51.6 Å². The maximum atomic E-state index is 12.9. The van der Waals surface area contributed by atoms with Gasteiger partial charge in [0.05, 0.1) is 26.7 Å². The molecule has 0 spiro atoms. The Balaban J connectivity index is 2.15. The molecule has 1 unspecified atom stereocenters. The van der Waals surface area contributed by atoms with Crippen molar-refractivity contribution in [1.82, 2.24) is 5.32 Å². The second-order valence-electron chi connectivity index (χ2n) is 7.32. The van der Waals surface area contributed by atoms with Crippen molar-refractivity contribution >= 4 is 5.91 Å². The third-order valence-corrected chi connectivity index (χ3v) is 5.24. The Morgan fingerprint density at radius 3 is 2.42 bits per heavy atom. The highest BCUT2D eigenvalue weighted by Gasteiger charge is 2.34. The molecule has 1 aromatic rings. The summed E-state index contributed by atoms with van der Waals surface area (Å²) >= 11 is 0. The first kappa shape index (κ1) is 20.5. The smallest absolute Gasteiger partial charge is 0.227 e. The normalized spacial score (nSPS) is 17.6. The molecule has 0 saturated carbocycles. The first-order valence-corrected chi connectivity index (χ1v) is 9.14. The van der Waals surface area contributed by atoms with Crippen LogP contribution in [0.15, 0.2) is 18.2 Å². The van der Waals surface area contributed by atoms with E-state index in [-0.39, 0.29) is 29.8 Å². The molecule has 0 aliphatic carbocycles. The van der Waals surface area contributed by atoms with E-state index in [2.05, 4.69) is 5.32 Å². The fourth-order valence-corrected chi connectivity index (χ4v) is 3.47. The molecule has 6 heteroatoms. The molecule has 0 radical (unpaired) electrons. The first-order chi connectivity index (χ1) is 12.5. The molecular formula is C20H31NO5. The van der Waals surface area contributed by atoms with Crippen LogP contribution in [0.2, 0.25) is 0 Å². The Labute approximate surface area is 155 Å². The average Bonchev–Trinajstić information content (AvgIpc) is 2.66. The van der Waals surface area contributed by atoms with Crippen LogP contribution in [0.5, 0.6) is 11.5 Å². The Hall–Kier alpha value is -1.79. The lowest BCUT2D eigenvalue weighted by molar-refractivity contribution is -0.124. The van der Waals surface area contributed by atoms with Gasteiger partial charge in [-0.25, -0.2) is 0 Å². The number of rotatable bonds is 8. The molecule has 26 heavy (non-hydrogen) atoms. The Morgan fingerprint density at radius 2 is 1.88 bits per heavy atom. The van der Waals surface area contributed by atoms with E-state index in [4.69, 9.17) is 14.2 Å². The van der Waals surface area contributed by atoms with Gasteiger partial charge in [-0.1, -0.05) is 19.9 Å². The zero-order valence-electron chi connectivity index (χ0n) is 16.2. The Bertz CT molecular complexity index is 596. The number of nitrogens with one attached hydrogen (secondary N) is 1. The minimum absolute atomic E-state index is 0.0356. The molecule has 2 N–H and O–H groups in total. The molecule has 146 valence electrons. The number of ether oxygens (including phenoxy) is 3. The van der Waals surface area contributed by atoms with E-state index in [0.717, 1.165) is 18.4 Å². The van der Waals surface area contributed by atoms with Crippen LogP contribution >= 0.6 is 0 Å². The van der Waals surface area contributed by atoms with Crippen LogP contribution < -0.4 is 14.8 Å². The van der Waals surface area contributed by atoms with Crippen molar-refractivity contribution in [1.29, 1.82) is 0 Å². The van der Waals surface area contributed by atoms with Crippen molar-refractivity contribution in [2.45, 2.75) is 32.6 Å². The summed E-state index contributed by atoms with van der Waals surface area (Å²) in [5, 5.41) is 12.9. The average molecular weight is 365 g/mol. The molecular weight excluding hydrogens is 334 g/mol. The summed E-state index contributed by atoms with van der Waals surface area (Å²) in [7, 11) is 3.18. The predicted octanol–water partition coefficient (Wildman–Crippen LogP) is 2.35. The van der Waals surface area contributed by atoms with Gasteiger partial charge < -0.3 is 24.6 Å². The summed E-state index contributed by atoms with van der Waals surface area (Å²) in [6.45, 7) is 5.81. The molecule has 1 aromatic carbocycles. The van der Waals surface area contributed by atoms with Gasteiger partial charge in [-0.2, -0.15) is 0 Å². The van der Waals surface area contributed by atoms with Crippen LogP contribution in [0.1, 0.15) is 38.2 Å². The Morgan fingerprint density at radius 1 is 1.23 bits per heavy atom. The third-order valence-electron chi connectivity index (χ3n) is 5.24. The minimum Gasteiger partial charge on any atom is -0.493 e. The number of carbonyl (C=O) groups is 1. The first-order valence-electron chi connectivity index (χ1n) is 9.14. The lowest BCUT2D eigenvalue weighted by Crippen LogP contribution is -2.45. The van der Waals surface area contributed by atoms with Crippen molar-refractivity contribution in [2.75, 3.05) is 40.6 Å². The van der Waals surface area contributed by atoms with Gasteiger partial charge in [-0.3, -0.25) is 4.79 Å². The third kappa shape index (κ3) is 4.68. The van der Waals surface area contributed by atoms with Crippen molar-refractivity contribution in [2.24, 2.45) is 11.3 Å². The summed E-state index contributed by atoms with van der Waals surface area (Å²) in [6.07, 6.45) is 1.51. The fraction of sp³-hybridized carbons (Fsp3) is 0.650. The second kappa shape index (κ2) is 9.24. The largest absolute Gasteiger partial charge is 0.493 e. The number of benzene rings is 1. The SMILES string of the molecule is COc1ccc(C(C(=O)NCC2(CO)CCOCC2)C(C)C)cc1OC. The van der Waals surface area contributed by atoms with E-state index in [0.29, 0.717) is 31.3 Å². The quantitative estimate of drug-likeness (QED) is 0.739. The van der Waals surface area contributed by atoms with Crippen LogP contribution in [0.3, 0.4) is 0 Å². The van der Waals surface area contributed by atoms with Gasteiger partial charge in [0.15, 0.2) is 11.5 Å². The zero-order valence-corrected chi connectivity index (χ0v) is 16.2. The molecule has 2 rings (SSSR count). The molecule has 1 saturated heterocycles. The molecule has 0 bridgehead atoms. The fourth-order valence-electron chi connectivity index (χ4n) is 3.47. The molecule has 1 aliphatic heterocycles. The standard InChI is InChI=1S/C20H31NO5/c1-14(2)18(15-5-6-16(24-3)17(11-15)25-4)19(23)21-12-20(13-22)7-9-26-10-8-20/h5-6,11,14,18,22H,7-10,12-13H2,1-4H3,(H,21,23). The second-order valence-corrected chi connectivity index (χ2v) is 7.32. The zero-order chi connectivity index (χ0) is 19.2. The summed E-state index contributed by atoms with van der Waals surface area (Å²) in [5.41, 5.74) is 0.604. The minimum atomic E-state index is -0.301. The molecule has 1 amide bonds. The van der Waals surface area contributed by atoms with E-state index in [1.807, 2.05) is 32.0 Å². The van der Waals surface area contributed by atoms with Crippen LogP contribution in [0.4, 0.5) is 0 Å². The van der Waals surface area contributed by atoms with Crippen LogP contribution in [0.25, 0.3) is 0 Å². The molecule has 0 aromatic heterocycles. The summed E-state index contributed by atoms with van der Waals surface area (Å²) in [6, 6.07) is 5.59. The lowest BCUT2D eigenvalue weighted by atomic mass is 9.80. The summed E-state index contributed by atoms with van der Waals surface area (Å²) < 4.78 is 16.0. The highest BCUT2D eigenvalue weighted by molar-refractivity contribution is 5.84. The maximum Gasteiger partial charge on any atom is 0.227 e. The number of aliphatic hydroxyl groups is 1. The molecule has 1 aliphatic rings. The van der Waals surface area contributed by atoms with Gasteiger partial charge in [0.25, 0.3) is 0 Å². The summed E-state index contributed by atoms with van der Waals surface area (Å²) in [5.74, 6) is 1.03. The van der Waals surface area contributed by atoms with E-state index in [1.165, 1.54) is 0 Å². The van der Waals surface area contributed by atoms with Gasteiger partial charge in [-0.15, -0.1) is 0 Å². The van der Waals surface area contributed by atoms with Gasteiger partial charge >= 0.3 is 0 Å². The monoisotopic (exact) mass is 365 g/mol. The van der Waals surface area contributed by atoms with Crippen LogP contribution in [0, 0.1) is 11.3 Å². The number of hydrogen-bond acceptors (Lipinski definition) is 5. The molecule has 6 nitrogen and oxygen atoms in total. The number of carbonyl (C=O) groups excluding carboxylic acids is 1. The molecule has 1 atom stereocenters. The van der Waals surface area contributed by atoms with Gasteiger partial charge in [0.1, 0.15) is 0 Å². The maximum absolute atomic E-state index is 12.9. The van der Waals surface area contributed by atoms with Crippen LogP contribution in [-0.2, 0) is 9.53 Å². The van der Waals surface area contributed by atoms with Gasteiger partial charge in [-0.05, 0) is 36.5 Å². The van der Waals surface area contributed by atoms with Crippen molar-refractivity contribution < 1.29 is 24.1 Å². The summed E-state index contributed by atoms with van der Waals surface area (Å²) in [4.78, 5) is 12.9. The highest BCUT2D eigenvalue weighted by atomic mass is 16.5. The Kier molecular flexibility index (Phi) is 7.29. The highest BCUT2D eigenvalue weighted by Crippen LogP contribution is 2.34. The van der Waals surface area contributed by atoms with Crippen molar-refractivity contribution in [3.8, 4) is 11.5 Å². The van der Waals surface area contributed by atoms with E-state index in [9.17, 15) is 9.90 Å². The number of amides is 1.